The Morgan fingerprint density at radius 3 is 2.89 bits per heavy atom. The third-order valence-electron chi connectivity index (χ3n) is 3.56. The second-order valence-corrected chi connectivity index (χ2v) is 4.79. The van der Waals surface area contributed by atoms with Crippen LogP contribution in [0.25, 0.3) is 0 Å². The molecule has 3 heteroatoms. The van der Waals surface area contributed by atoms with Crippen molar-refractivity contribution in [3.63, 3.8) is 0 Å². The molecule has 0 radical (unpaired) electrons. The number of carbonyl (C=O) groups is 1. The van der Waals surface area contributed by atoms with E-state index >= 15 is 0 Å². The molecule has 18 heavy (non-hydrogen) atoms. The first-order valence-electron chi connectivity index (χ1n) is 6.17. The van der Waals surface area contributed by atoms with Gasteiger partial charge in [-0.1, -0.05) is 25.6 Å². The number of hydrogen-bond acceptors (Lipinski definition) is 2. The molecule has 0 saturated carbocycles. The molecule has 0 saturated heterocycles. The summed E-state index contributed by atoms with van der Waals surface area (Å²) in [6.45, 7) is 7.08. The third kappa shape index (κ3) is 1.94. The van der Waals surface area contributed by atoms with E-state index in [1.54, 1.807) is 13.0 Å². The molecule has 0 bridgehead atoms. The largest absolute Gasteiger partial charge is 0.451 e. The number of fused-ring (bicyclic) bond motifs is 1. The van der Waals surface area contributed by atoms with Crippen molar-refractivity contribution < 1.29 is 13.9 Å². The summed E-state index contributed by atoms with van der Waals surface area (Å²) in [6.07, 6.45) is 1.95. The van der Waals surface area contributed by atoms with Crippen LogP contribution in [0.4, 0.5) is 4.39 Å². The lowest BCUT2D eigenvalue weighted by molar-refractivity contribution is -0.156. The minimum Gasteiger partial charge on any atom is -0.451 e. The van der Waals surface area contributed by atoms with Crippen molar-refractivity contribution in [2.45, 2.75) is 38.7 Å². The summed E-state index contributed by atoms with van der Waals surface area (Å²) < 4.78 is 19.5. The van der Waals surface area contributed by atoms with Crippen LogP contribution < -0.4 is 0 Å². The molecular weight excluding hydrogens is 231 g/mol. The molecular formula is C15H17FO2. The van der Waals surface area contributed by atoms with Gasteiger partial charge < -0.3 is 4.74 Å². The Labute approximate surface area is 106 Å². The van der Waals surface area contributed by atoms with Crippen LogP contribution in [0, 0.1) is 5.82 Å². The van der Waals surface area contributed by atoms with Crippen LogP contribution >= 0.6 is 0 Å². The Kier molecular flexibility index (Phi) is 3.24. The number of halogens is 1. The number of aryl methyl sites for hydroxylation is 1. The van der Waals surface area contributed by atoms with Gasteiger partial charge in [-0.25, -0.2) is 9.18 Å². The zero-order valence-corrected chi connectivity index (χ0v) is 10.8. The van der Waals surface area contributed by atoms with E-state index in [1.807, 2.05) is 13.0 Å². The van der Waals surface area contributed by atoms with E-state index in [0.29, 0.717) is 24.0 Å². The highest BCUT2D eigenvalue weighted by molar-refractivity contribution is 5.87. The van der Waals surface area contributed by atoms with Gasteiger partial charge in [0, 0.05) is 11.1 Å². The molecule has 0 N–H and O–H groups in total. The predicted molar refractivity (Wildman–Crippen MR) is 67.6 cm³/mol. The molecule has 0 fully saturated rings. The van der Waals surface area contributed by atoms with Crippen LogP contribution in [0.2, 0.25) is 0 Å². The molecule has 1 aromatic carbocycles. The Morgan fingerprint density at radius 1 is 1.56 bits per heavy atom. The fraction of sp³-hybridized carbons (Fsp3) is 0.400. The van der Waals surface area contributed by atoms with Crippen molar-refractivity contribution in [1.82, 2.24) is 0 Å². The average Bonchev–Trinajstić information content (AvgIpc) is 2.70. The normalized spacial score (nSPS) is 21.5. The first kappa shape index (κ1) is 12.8. The summed E-state index contributed by atoms with van der Waals surface area (Å²) >= 11 is 0. The van der Waals surface area contributed by atoms with Gasteiger partial charge in [0.05, 0.1) is 0 Å². The van der Waals surface area contributed by atoms with Gasteiger partial charge in [0.2, 0.25) is 0 Å². The average molecular weight is 248 g/mol. The molecule has 0 heterocycles. The maximum absolute atomic E-state index is 14.0. The molecule has 0 aliphatic heterocycles. The molecule has 2 nitrogen and oxygen atoms in total. The highest BCUT2D eigenvalue weighted by Crippen LogP contribution is 2.44. The van der Waals surface area contributed by atoms with Crippen LogP contribution in [0.15, 0.2) is 30.4 Å². The quantitative estimate of drug-likeness (QED) is 0.604. The van der Waals surface area contributed by atoms with E-state index in [1.165, 1.54) is 6.07 Å². The van der Waals surface area contributed by atoms with Crippen LogP contribution in [0.5, 0.6) is 0 Å². The monoisotopic (exact) mass is 248 g/mol. The molecule has 96 valence electrons. The van der Waals surface area contributed by atoms with Gasteiger partial charge in [0.1, 0.15) is 11.4 Å². The van der Waals surface area contributed by atoms with Crippen LogP contribution in [-0.2, 0) is 21.6 Å². The first-order chi connectivity index (χ1) is 8.50. The number of esters is 1. The van der Waals surface area contributed by atoms with Gasteiger partial charge >= 0.3 is 5.97 Å². The topological polar surface area (TPSA) is 26.3 Å². The Bertz CT molecular complexity index is 507. The molecule has 1 unspecified atom stereocenters. The molecule has 0 aromatic heterocycles. The van der Waals surface area contributed by atoms with Gasteiger partial charge in [0.15, 0.2) is 0 Å². The Morgan fingerprint density at radius 2 is 2.28 bits per heavy atom. The highest BCUT2D eigenvalue weighted by Gasteiger charge is 2.43. The molecule has 1 aliphatic carbocycles. The Balaban J connectivity index is 2.43. The highest BCUT2D eigenvalue weighted by atomic mass is 19.1. The minimum absolute atomic E-state index is 0.290. The predicted octanol–water partition coefficient (Wildman–Crippen LogP) is 3.50. The summed E-state index contributed by atoms with van der Waals surface area (Å²) in [5.41, 5.74) is 0.998. The molecule has 1 aromatic rings. The van der Waals surface area contributed by atoms with Gasteiger partial charge in [-0.3, -0.25) is 0 Å². The van der Waals surface area contributed by atoms with Crippen LogP contribution in [0.3, 0.4) is 0 Å². The second kappa shape index (κ2) is 4.56. The summed E-state index contributed by atoms with van der Waals surface area (Å²) in [6, 6.07) is 5.01. The lowest BCUT2D eigenvalue weighted by Gasteiger charge is -2.29. The van der Waals surface area contributed by atoms with E-state index in [4.69, 9.17) is 4.74 Å². The molecule has 0 spiro atoms. The molecule has 1 aliphatic rings. The van der Waals surface area contributed by atoms with E-state index in [2.05, 4.69) is 6.58 Å². The fourth-order valence-electron chi connectivity index (χ4n) is 2.54. The van der Waals surface area contributed by atoms with Crippen molar-refractivity contribution in [3.8, 4) is 0 Å². The number of hydrogen-bond donors (Lipinski definition) is 0. The summed E-state index contributed by atoms with van der Waals surface area (Å²) in [7, 11) is 0. The van der Waals surface area contributed by atoms with E-state index in [9.17, 15) is 9.18 Å². The van der Waals surface area contributed by atoms with Gasteiger partial charge in [0.25, 0.3) is 0 Å². The van der Waals surface area contributed by atoms with E-state index in [-0.39, 0.29) is 5.82 Å². The maximum Gasteiger partial charge on any atom is 0.334 e. The minimum atomic E-state index is -0.823. The Hall–Kier alpha value is -1.64. The number of ether oxygens (including phenoxy) is 1. The molecule has 1 atom stereocenters. The summed E-state index contributed by atoms with van der Waals surface area (Å²) in [4.78, 5) is 11.7. The van der Waals surface area contributed by atoms with Gasteiger partial charge in [-0.05, 0) is 37.8 Å². The van der Waals surface area contributed by atoms with E-state index < -0.39 is 11.6 Å². The van der Waals surface area contributed by atoms with Gasteiger partial charge in [-0.15, -0.1) is 0 Å². The SMILES string of the molecule is C=C(C)C(=O)OC1(CC)CCc2cccc(F)c21. The van der Waals surface area contributed by atoms with Gasteiger partial charge in [-0.2, -0.15) is 0 Å². The second-order valence-electron chi connectivity index (χ2n) is 4.79. The summed E-state index contributed by atoms with van der Waals surface area (Å²) in [5, 5.41) is 0. The molecule has 2 rings (SSSR count). The van der Waals surface area contributed by atoms with Crippen molar-refractivity contribution in [1.29, 1.82) is 0 Å². The zero-order chi connectivity index (χ0) is 13.3. The number of benzene rings is 1. The van der Waals surface area contributed by atoms with Crippen LogP contribution in [-0.4, -0.2) is 5.97 Å². The fourth-order valence-corrected chi connectivity index (χ4v) is 2.54. The first-order valence-corrected chi connectivity index (χ1v) is 6.17. The lowest BCUT2D eigenvalue weighted by Crippen LogP contribution is -2.30. The van der Waals surface area contributed by atoms with Crippen LogP contribution in [0.1, 0.15) is 37.8 Å². The lowest BCUT2D eigenvalue weighted by atomic mass is 9.92. The third-order valence-corrected chi connectivity index (χ3v) is 3.56. The zero-order valence-electron chi connectivity index (χ0n) is 10.8. The smallest absolute Gasteiger partial charge is 0.334 e. The van der Waals surface area contributed by atoms with Crippen molar-refractivity contribution in [2.75, 3.05) is 0 Å². The summed E-state index contributed by atoms with van der Waals surface area (Å²) in [5.74, 6) is -0.741. The van der Waals surface area contributed by atoms with E-state index in [0.717, 1.165) is 12.0 Å². The number of carbonyl (C=O) groups excluding carboxylic acids is 1. The standard InChI is InChI=1S/C15H17FO2/c1-4-15(18-14(17)10(2)3)9-8-11-6-5-7-12(16)13(11)15/h5-7H,2,4,8-9H2,1,3H3. The van der Waals surface area contributed by atoms with Crippen molar-refractivity contribution >= 4 is 5.97 Å². The molecule has 0 amide bonds. The van der Waals surface area contributed by atoms with Crippen molar-refractivity contribution in [3.05, 3.63) is 47.3 Å². The van der Waals surface area contributed by atoms with Crippen molar-refractivity contribution in [2.24, 2.45) is 0 Å². The number of rotatable bonds is 3. The maximum atomic E-state index is 14.0.